The summed E-state index contributed by atoms with van der Waals surface area (Å²) in [6.45, 7) is 10.6. The van der Waals surface area contributed by atoms with Gasteiger partial charge in [-0.3, -0.25) is 4.90 Å². The van der Waals surface area contributed by atoms with Gasteiger partial charge in [0.1, 0.15) is 0 Å². The van der Waals surface area contributed by atoms with Gasteiger partial charge in [0.2, 0.25) is 0 Å². The van der Waals surface area contributed by atoms with Gasteiger partial charge in [-0.25, -0.2) is 0 Å². The second-order valence-electron chi connectivity index (χ2n) is 4.95. The summed E-state index contributed by atoms with van der Waals surface area (Å²) in [5.74, 6) is 2.66. The third-order valence-corrected chi connectivity index (χ3v) is 4.41. The van der Waals surface area contributed by atoms with Crippen molar-refractivity contribution in [1.29, 1.82) is 0 Å². The van der Waals surface area contributed by atoms with E-state index in [1.54, 1.807) is 0 Å². The molecular formula is C13H28N2S. The number of hydrogen-bond acceptors (Lipinski definition) is 3. The highest BCUT2D eigenvalue weighted by atomic mass is 32.2. The fourth-order valence-electron chi connectivity index (χ4n) is 2.24. The molecule has 0 radical (unpaired) electrons. The zero-order valence-corrected chi connectivity index (χ0v) is 12.0. The Morgan fingerprint density at radius 2 is 2.06 bits per heavy atom. The number of thioether (sulfide) groups is 1. The van der Waals surface area contributed by atoms with Crippen molar-refractivity contribution in [3.8, 4) is 0 Å². The summed E-state index contributed by atoms with van der Waals surface area (Å²) in [5, 5.41) is 3.65. The summed E-state index contributed by atoms with van der Waals surface area (Å²) in [6, 6.07) is 1.37. The van der Waals surface area contributed by atoms with Crippen LogP contribution in [0.5, 0.6) is 0 Å². The van der Waals surface area contributed by atoms with Crippen LogP contribution in [0.1, 0.15) is 40.0 Å². The molecule has 0 aliphatic carbocycles. The smallest absolute Gasteiger partial charge is 0.0192 e. The summed E-state index contributed by atoms with van der Waals surface area (Å²) < 4.78 is 0. The quantitative estimate of drug-likeness (QED) is 0.773. The summed E-state index contributed by atoms with van der Waals surface area (Å²) in [4.78, 5) is 2.64. The van der Waals surface area contributed by atoms with E-state index < -0.39 is 0 Å². The van der Waals surface area contributed by atoms with E-state index in [4.69, 9.17) is 0 Å². The Bertz CT molecular complexity index is 167. The van der Waals surface area contributed by atoms with Gasteiger partial charge in [0.15, 0.2) is 0 Å². The number of hydrogen-bond donors (Lipinski definition) is 1. The Kier molecular flexibility index (Phi) is 7.50. The fraction of sp³-hybridized carbons (Fsp3) is 1.00. The minimum atomic E-state index is 0.675. The lowest BCUT2D eigenvalue weighted by Gasteiger charge is -2.28. The number of nitrogens with one attached hydrogen (secondary N) is 1. The van der Waals surface area contributed by atoms with Crippen LogP contribution < -0.4 is 5.32 Å². The van der Waals surface area contributed by atoms with Crippen LogP contribution in [0.4, 0.5) is 0 Å². The first-order valence-corrected chi connectivity index (χ1v) is 7.94. The zero-order valence-electron chi connectivity index (χ0n) is 11.2. The van der Waals surface area contributed by atoms with Gasteiger partial charge in [-0.05, 0) is 39.0 Å². The Hall–Kier alpha value is 0.270. The number of rotatable bonds is 6. The average Bonchev–Trinajstić information content (AvgIpc) is 2.55. The molecule has 1 aliphatic heterocycles. The van der Waals surface area contributed by atoms with Crippen molar-refractivity contribution in [2.24, 2.45) is 0 Å². The Balaban J connectivity index is 2.19. The molecule has 16 heavy (non-hydrogen) atoms. The van der Waals surface area contributed by atoms with Gasteiger partial charge in [0.25, 0.3) is 0 Å². The average molecular weight is 244 g/mol. The van der Waals surface area contributed by atoms with Gasteiger partial charge in [0.05, 0.1) is 0 Å². The van der Waals surface area contributed by atoms with Crippen LogP contribution >= 0.6 is 11.8 Å². The van der Waals surface area contributed by atoms with E-state index in [2.05, 4.69) is 42.7 Å². The van der Waals surface area contributed by atoms with Crippen LogP contribution in [0.3, 0.4) is 0 Å². The molecule has 2 atom stereocenters. The molecule has 96 valence electrons. The van der Waals surface area contributed by atoms with Crippen molar-refractivity contribution in [2.75, 3.05) is 31.1 Å². The summed E-state index contributed by atoms with van der Waals surface area (Å²) in [6.07, 6.45) is 3.94. The van der Waals surface area contributed by atoms with Crippen LogP contribution in [-0.4, -0.2) is 48.1 Å². The van der Waals surface area contributed by atoms with Gasteiger partial charge in [-0.15, -0.1) is 0 Å². The maximum Gasteiger partial charge on any atom is 0.0192 e. The lowest BCUT2D eigenvalue weighted by Crippen LogP contribution is -2.43. The van der Waals surface area contributed by atoms with E-state index in [1.807, 2.05) is 0 Å². The van der Waals surface area contributed by atoms with E-state index in [0.717, 1.165) is 6.54 Å². The van der Waals surface area contributed by atoms with Crippen LogP contribution in [0.2, 0.25) is 0 Å². The molecule has 0 bridgehead atoms. The molecule has 3 heteroatoms. The van der Waals surface area contributed by atoms with Gasteiger partial charge in [0, 0.05) is 30.9 Å². The fourth-order valence-corrected chi connectivity index (χ4v) is 3.14. The van der Waals surface area contributed by atoms with Crippen molar-refractivity contribution < 1.29 is 0 Å². The minimum absolute atomic E-state index is 0.675. The molecule has 0 aromatic heterocycles. The lowest BCUT2D eigenvalue weighted by atomic mass is 10.2. The summed E-state index contributed by atoms with van der Waals surface area (Å²) in [7, 11) is 0. The molecule has 0 aromatic rings. The zero-order chi connectivity index (χ0) is 11.8. The SMILES string of the molecule is CCCC(C)NCC(C)N1CCCSCC1. The third kappa shape index (κ3) is 5.55. The monoisotopic (exact) mass is 244 g/mol. The van der Waals surface area contributed by atoms with E-state index in [1.165, 1.54) is 43.9 Å². The maximum atomic E-state index is 3.65. The Morgan fingerprint density at radius 1 is 1.25 bits per heavy atom. The van der Waals surface area contributed by atoms with Crippen molar-refractivity contribution in [2.45, 2.75) is 52.1 Å². The molecule has 1 aliphatic rings. The van der Waals surface area contributed by atoms with Crippen LogP contribution in [-0.2, 0) is 0 Å². The van der Waals surface area contributed by atoms with E-state index in [0.29, 0.717) is 12.1 Å². The summed E-state index contributed by atoms with van der Waals surface area (Å²) in [5.41, 5.74) is 0. The third-order valence-electron chi connectivity index (χ3n) is 3.36. The molecule has 0 spiro atoms. The molecule has 1 fully saturated rings. The molecule has 2 unspecified atom stereocenters. The van der Waals surface area contributed by atoms with Crippen molar-refractivity contribution in [3.63, 3.8) is 0 Å². The first-order valence-electron chi connectivity index (χ1n) is 6.79. The van der Waals surface area contributed by atoms with E-state index >= 15 is 0 Å². The Morgan fingerprint density at radius 3 is 2.81 bits per heavy atom. The predicted octanol–water partition coefficient (Wildman–Crippen LogP) is 2.59. The molecule has 1 saturated heterocycles. The van der Waals surface area contributed by atoms with Crippen LogP contribution in [0.25, 0.3) is 0 Å². The molecule has 0 aromatic carbocycles. The van der Waals surface area contributed by atoms with E-state index in [9.17, 15) is 0 Å². The van der Waals surface area contributed by atoms with Gasteiger partial charge < -0.3 is 5.32 Å². The lowest BCUT2D eigenvalue weighted by molar-refractivity contribution is 0.215. The molecule has 2 nitrogen and oxygen atoms in total. The highest BCUT2D eigenvalue weighted by Crippen LogP contribution is 2.12. The Labute approximate surface area is 106 Å². The molecule has 0 amide bonds. The summed E-state index contributed by atoms with van der Waals surface area (Å²) >= 11 is 2.11. The van der Waals surface area contributed by atoms with Gasteiger partial charge in [-0.1, -0.05) is 13.3 Å². The molecular weight excluding hydrogens is 216 g/mol. The normalized spacial score (nSPS) is 22.7. The maximum absolute atomic E-state index is 3.65. The first-order chi connectivity index (χ1) is 7.74. The highest BCUT2D eigenvalue weighted by molar-refractivity contribution is 7.99. The number of nitrogens with zero attached hydrogens (tertiary/aromatic N) is 1. The molecule has 1 rings (SSSR count). The van der Waals surface area contributed by atoms with Crippen molar-refractivity contribution in [1.82, 2.24) is 10.2 Å². The van der Waals surface area contributed by atoms with Gasteiger partial charge in [-0.2, -0.15) is 11.8 Å². The first kappa shape index (κ1) is 14.3. The van der Waals surface area contributed by atoms with Crippen molar-refractivity contribution in [3.05, 3.63) is 0 Å². The van der Waals surface area contributed by atoms with Gasteiger partial charge >= 0.3 is 0 Å². The highest BCUT2D eigenvalue weighted by Gasteiger charge is 2.15. The molecule has 0 saturated carbocycles. The minimum Gasteiger partial charge on any atom is -0.313 e. The second kappa shape index (κ2) is 8.37. The largest absolute Gasteiger partial charge is 0.313 e. The van der Waals surface area contributed by atoms with Crippen molar-refractivity contribution >= 4 is 11.8 Å². The molecule has 1 N–H and O–H groups in total. The van der Waals surface area contributed by atoms with E-state index in [-0.39, 0.29) is 0 Å². The van der Waals surface area contributed by atoms with Crippen LogP contribution in [0, 0.1) is 0 Å². The van der Waals surface area contributed by atoms with Crippen LogP contribution in [0.15, 0.2) is 0 Å². The second-order valence-corrected chi connectivity index (χ2v) is 6.17. The standard InChI is InChI=1S/C13H28N2S/c1-4-6-12(2)14-11-13(3)15-7-5-9-16-10-8-15/h12-14H,4-11H2,1-3H3. The molecule has 1 heterocycles. The topological polar surface area (TPSA) is 15.3 Å². The predicted molar refractivity (Wildman–Crippen MR) is 75.3 cm³/mol.